The van der Waals surface area contributed by atoms with Crippen LogP contribution in [0.5, 0.6) is 0 Å². The van der Waals surface area contributed by atoms with Gasteiger partial charge in [0.05, 0.1) is 18.8 Å². The van der Waals surface area contributed by atoms with E-state index in [4.69, 9.17) is 0 Å². The van der Waals surface area contributed by atoms with E-state index in [1.807, 2.05) is 6.08 Å². The van der Waals surface area contributed by atoms with Gasteiger partial charge >= 0.3 is 0 Å². The molecule has 80 heavy (non-hydrogen) atoms. The van der Waals surface area contributed by atoms with Crippen LogP contribution in [0.3, 0.4) is 0 Å². The highest BCUT2D eigenvalue weighted by Crippen LogP contribution is 2.19. The molecule has 2 unspecified atom stereocenters. The number of nitrogens with one attached hydrogen (secondary N) is 1. The highest BCUT2D eigenvalue weighted by Gasteiger charge is 2.18. The second-order valence-electron chi connectivity index (χ2n) is 24.6. The van der Waals surface area contributed by atoms with Crippen LogP contribution in [-0.2, 0) is 4.79 Å². The van der Waals surface area contributed by atoms with Gasteiger partial charge in [-0.05, 0) is 64.2 Å². The number of allylic oxidation sites excluding steroid dienone is 11. The number of carbonyl (C=O) groups is 1. The van der Waals surface area contributed by atoms with Crippen LogP contribution in [0.2, 0.25) is 0 Å². The summed E-state index contributed by atoms with van der Waals surface area (Å²) in [4.78, 5) is 12.6. The van der Waals surface area contributed by atoms with Gasteiger partial charge in [-0.15, -0.1) is 0 Å². The minimum absolute atomic E-state index is 0.0565. The monoisotopic (exact) mass is 1120 g/mol. The lowest BCUT2D eigenvalue weighted by Crippen LogP contribution is -2.45. The fourth-order valence-electron chi connectivity index (χ4n) is 11.3. The molecule has 0 aromatic carbocycles. The molecule has 0 bridgehead atoms. The van der Waals surface area contributed by atoms with Crippen LogP contribution >= 0.6 is 0 Å². The fraction of sp³-hybridized carbons (Fsp3) is 0.829. The molecular weight excluding hydrogens is 975 g/mol. The van der Waals surface area contributed by atoms with Crippen molar-refractivity contribution in [2.45, 2.75) is 398 Å². The molecule has 0 aliphatic heterocycles. The third-order valence-electron chi connectivity index (χ3n) is 16.7. The van der Waals surface area contributed by atoms with Crippen molar-refractivity contribution in [1.82, 2.24) is 5.32 Å². The number of hydrogen-bond acceptors (Lipinski definition) is 3. The summed E-state index contributed by atoms with van der Waals surface area (Å²) in [5, 5.41) is 23.3. The average Bonchev–Trinajstić information content (AvgIpc) is 3.46. The molecule has 0 radical (unpaired) electrons. The van der Waals surface area contributed by atoms with Gasteiger partial charge in [0.1, 0.15) is 0 Å². The Kier molecular flexibility index (Phi) is 69.2. The SMILES string of the molecule is CC/C=C\C/C=C\C/C=C\C/C=C\C/C=C\CCCCCCCCCCCCCCCCCCCCCCCCCCCC(=O)NC(CO)C(O)/C=C/CCCCCCCCCCCCCCCCCCCCCCCCCCC. The highest BCUT2D eigenvalue weighted by molar-refractivity contribution is 5.76. The third kappa shape index (κ3) is 66.6. The minimum atomic E-state index is -0.841. The Morgan fingerprint density at radius 1 is 0.312 bits per heavy atom. The lowest BCUT2D eigenvalue weighted by molar-refractivity contribution is -0.123. The molecule has 468 valence electrons. The van der Waals surface area contributed by atoms with Crippen molar-refractivity contribution in [2.75, 3.05) is 6.61 Å². The molecule has 0 aromatic heterocycles. The first-order valence-corrected chi connectivity index (χ1v) is 36.2. The summed E-state index contributed by atoms with van der Waals surface area (Å²) in [6.07, 6.45) is 103. The molecule has 0 fully saturated rings. The van der Waals surface area contributed by atoms with Crippen LogP contribution in [0.25, 0.3) is 0 Å². The number of aliphatic hydroxyl groups is 2. The predicted molar refractivity (Wildman–Crippen MR) is 359 cm³/mol. The zero-order chi connectivity index (χ0) is 57.6. The zero-order valence-electron chi connectivity index (χ0n) is 54.1. The first-order chi connectivity index (χ1) is 39.7. The number of amides is 1. The summed E-state index contributed by atoms with van der Waals surface area (Å²) in [5.41, 5.74) is 0. The van der Waals surface area contributed by atoms with Crippen LogP contribution in [0.15, 0.2) is 72.9 Å². The Morgan fingerprint density at radius 3 is 0.825 bits per heavy atom. The molecule has 1 amide bonds. The summed E-state index contributed by atoms with van der Waals surface area (Å²) in [5.74, 6) is -0.0565. The van der Waals surface area contributed by atoms with Crippen molar-refractivity contribution in [3.8, 4) is 0 Å². The van der Waals surface area contributed by atoms with Crippen molar-refractivity contribution >= 4 is 5.91 Å². The Bertz CT molecular complexity index is 1360. The number of aliphatic hydroxyl groups excluding tert-OH is 2. The van der Waals surface area contributed by atoms with Gasteiger partial charge < -0.3 is 15.5 Å². The van der Waals surface area contributed by atoms with Gasteiger partial charge in [0.2, 0.25) is 5.91 Å². The van der Waals surface area contributed by atoms with Crippen LogP contribution in [0.4, 0.5) is 0 Å². The molecule has 4 heteroatoms. The van der Waals surface area contributed by atoms with E-state index in [2.05, 4.69) is 79.9 Å². The lowest BCUT2D eigenvalue weighted by Gasteiger charge is -2.20. The number of unbranched alkanes of at least 4 members (excludes halogenated alkanes) is 50. The van der Waals surface area contributed by atoms with E-state index >= 15 is 0 Å². The van der Waals surface area contributed by atoms with Gasteiger partial charge in [-0.3, -0.25) is 4.79 Å². The second kappa shape index (κ2) is 71.1. The molecular formula is C76H141NO3. The summed E-state index contributed by atoms with van der Waals surface area (Å²) in [7, 11) is 0. The molecule has 0 heterocycles. The van der Waals surface area contributed by atoms with Gasteiger partial charge in [0.15, 0.2) is 0 Å². The van der Waals surface area contributed by atoms with Crippen LogP contribution in [-0.4, -0.2) is 34.9 Å². The maximum Gasteiger partial charge on any atom is 0.220 e. The first kappa shape index (κ1) is 77.8. The molecule has 0 aliphatic rings. The summed E-state index contributed by atoms with van der Waals surface area (Å²) < 4.78 is 0. The number of rotatable bonds is 67. The largest absolute Gasteiger partial charge is 0.394 e. The normalized spacial score (nSPS) is 13.1. The Hall–Kier alpha value is -2.17. The standard InChI is InChI=1S/C76H141NO3/c1-3-5-7-9-11-13-15-17-19-21-23-25-27-29-31-32-33-34-35-36-37-38-39-40-41-42-43-44-46-48-50-52-54-56-58-60-62-64-66-68-70-72-76(80)77-74(73-78)75(79)71-69-67-65-63-61-59-57-55-53-51-49-47-45-30-28-26-24-22-20-18-16-14-12-10-8-6-4-2/h5,7,11,13,17,19,23,25,29,31,69,71,74-75,78-79H,3-4,6,8-10,12,14-16,18,20-22,24,26-28,30,32-68,70,72-73H2,1-2H3,(H,77,80)/b7-5-,13-11-,19-17-,25-23-,31-29-,71-69+. The van der Waals surface area contributed by atoms with Crippen LogP contribution in [0, 0.1) is 0 Å². The summed E-state index contributed by atoms with van der Waals surface area (Å²) >= 11 is 0. The van der Waals surface area contributed by atoms with Crippen molar-refractivity contribution in [3.05, 3.63) is 72.9 Å². The van der Waals surface area contributed by atoms with E-state index in [1.54, 1.807) is 6.08 Å². The molecule has 0 saturated heterocycles. The highest BCUT2D eigenvalue weighted by atomic mass is 16.3. The summed E-state index contributed by atoms with van der Waals surface area (Å²) in [6.45, 7) is 4.23. The lowest BCUT2D eigenvalue weighted by atomic mass is 10.0. The third-order valence-corrected chi connectivity index (χ3v) is 16.7. The maximum absolute atomic E-state index is 12.6. The van der Waals surface area contributed by atoms with Gasteiger partial charge in [0, 0.05) is 6.42 Å². The molecule has 0 aliphatic carbocycles. The Balaban J connectivity index is 3.41. The van der Waals surface area contributed by atoms with Crippen molar-refractivity contribution < 1.29 is 15.0 Å². The first-order valence-electron chi connectivity index (χ1n) is 36.2. The van der Waals surface area contributed by atoms with Gasteiger partial charge in [-0.2, -0.15) is 0 Å². The number of carbonyl (C=O) groups excluding carboxylic acids is 1. The van der Waals surface area contributed by atoms with E-state index in [9.17, 15) is 15.0 Å². The zero-order valence-corrected chi connectivity index (χ0v) is 54.1. The van der Waals surface area contributed by atoms with Crippen molar-refractivity contribution in [2.24, 2.45) is 0 Å². The van der Waals surface area contributed by atoms with E-state index < -0.39 is 12.1 Å². The number of hydrogen-bond donors (Lipinski definition) is 3. The summed E-state index contributed by atoms with van der Waals surface area (Å²) in [6, 6.07) is -0.624. The molecule has 4 nitrogen and oxygen atoms in total. The molecule has 2 atom stereocenters. The molecule has 0 spiro atoms. The van der Waals surface area contributed by atoms with E-state index in [1.165, 1.54) is 308 Å². The quantitative estimate of drug-likeness (QED) is 0.0420. The minimum Gasteiger partial charge on any atom is -0.394 e. The Labute approximate surface area is 501 Å². The Morgan fingerprint density at radius 2 is 0.550 bits per heavy atom. The van der Waals surface area contributed by atoms with Gasteiger partial charge in [-0.1, -0.05) is 389 Å². The van der Waals surface area contributed by atoms with Crippen LogP contribution in [0.1, 0.15) is 386 Å². The topological polar surface area (TPSA) is 69.6 Å². The molecule has 0 saturated carbocycles. The van der Waals surface area contributed by atoms with E-state index in [0.29, 0.717) is 6.42 Å². The fourth-order valence-corrected chi connectivity index (χ4v) is 11.3. The van der Waals surface area contributed by atoms with Crippen molar-refractivity contribution in [3.63, 3.8) is 0 Å². The van der Waals surface area contributed by atoms with Crippen molar-refractivity contribution in [1.29, 1.82) is 0 Å². The maximum atomic E-state index is 12.6. The van der Waals surface area contributed by atoms with Crippen LogP contribution < -0.4 is 5.32 Å². The molecule has 0 aromatic rings. The predicted octanol–water partition coefficient (Wildman–Crippen LogP) is 24.8. The van der Waals surface area contributed by atoms with Gasteiger partial charge in [-0.25, -0.2) is 0 Å². The molecule has 3 N–H and O–H groups in total. The smallest absolute Gasteiger partial charge is 0.220 e. The molecule has 0 rings (SSSR count). The average molecular weight is 1120 g/mol. The van der Waals surface area contributed by atoms with E-state index in [-0.39, 0.29) is 12.5 Å². The second-order valence-corrected chi connectivity index (χ2v) is 24.6. The van der Waals surface area contributed by atoms with E-state index in [0.717, 1.165) is 57.8 Å². The van der Waals surface area contributed by atoms with Gasteiger partial charge in [0.25, 0.3) is 0 Å².